The Kier molecular flexibility index (Phi) is 10.9. The molecule has 3 aromatic rings. The Labute approximate surface area is 256 Å². The Morgan fingerprint density at radius 1 is 0.930 bits per heavy atom. The maximum Gasteiger partial charge on any atom is 0.264 e. The average Bonchev–Trinajstić information content (AvgIpc) is 3.00. The summed E-state index contributed by atoms with van der Waals surface area (Å²) < 4.78 is 34.7. The zero-order chi connectivity index (χ0) is 31.0. The van der Waals surface area contributed by atoms with Gasteiger partial charge in [-0.2, -0.15) is 0 Å². The van der Waals surface area contributed by atoms with Gasteiger partial charge >= 0.3 is 0 Å². The molecule has 3 aromatic carbocycles. The number of anilines is 1. The molecule has 1 N–H and O–H groups in total. The molecule has 0 aliphatic heterocycles. The number of aryl methyl sites for hydroxylation is 2. The van der Waals surface area contributed by atoms with Crippen molar-refractivity contribution in [3.63, 3.8) is 0 Å². The summed E-state index contributed by atoms with van der Waals surface area (Å²) in [4.78, 5) is 29.2. The number of benzene rings is 3. The lowest BCUT2D eigenvalue weighted by molar-refractivity contribution is -0.139. The van der Waals surface area contributed by atoms with Crippen LogP contribution in [0.15, 0.2) is 77.7 Å². The highest BCUT2D eigenvalue weighted by Gasteiger charge is 2.33. The quantitative estimate of drug-likeness (QED) is 0.283. The maximum atomic E-state index is 14.2. The highest BCUT2D eigenvalue weighted by atomic mass is 32.2. The SMILES string of the molecule is CCOc1ccc(S(=O)(=O)N(CC(=O)N(Cc2ccccc2C)[C@H](C)C(=O)NC2CCCCC2)c2ccc(C)cc2)cc1. The zero-order valence-corrected chi connectivity index (χ0v) is 26.4. The lowest BCUT2D eigenvalue weighted by atomic mass is 9.95. The number of hydrogen-bond acceptors (Lipinski definition) is 5. The topological polar surface area (TPSA) is 96.0 Å². The van der Waals surface area contributed by atoms with Crippen molar-refractivity contribution in [1.29, 1.82) is 0 Å². The largest absolute Gasteiger partial charge is 0.494 e. The zero-order valence-electron chi connectivity index (χ0n) is 25.6. The standard InChI is InChI=1S/C34H43N3O5S/c1-5-42-31-19-21-32(22-20-31)43(40,41)37(30-17-15-25(2)16-18-30)24-33(38)36(23-28-12-10-9-11-26(28)3)27(4)34(39)35-29-13-7-6-8-14-29/h9-12,15-22,27,29H,5-8,13-14,23-24H2,1-4H3,(H,35,39)/t27-/m1/s1. The lowest BCUT2D eigenvalue weighted by Gasteiger charge is -2.33. The van der Waals surface area contributed by atoms with Gasteiger partial charge in [-0.05, 0) is 88.1 Å². The van der Waals surface area contributed by atoms with Gasteiger partial charge in [0.25, 0.3) is 10.0 Å². The van der Waals surface area contributed by atoms with Crippen molar-refractivity contribution >= 4 is 27.5 Å². The number of sulfonamides is 1. The van der Waals surface area contributed by atoms with Crippen LogP contribution >= 0.6 is 0 Å². The third-order valence-electron chi connectivity index (χ3n) is 8.04. The molecule has 1 atom stereocenters. The van der Waals surface area contributed by atoms with Crippen LogP contribution in [0.1, 0.15) is 62.6 Å². The minimum absolute atomic E-state index is 0.0397. The molecule has 4 rings (SSSR count). The smallest absolute Gasteiger partial charge is 0.264 e. The van der Waals surface area contributed by atoms with E-state index in [-0.39, 0.29) is 23.4 Å². The molecule has 230 valence electrons. The van der Waals surface area contributed by atoms with Gasteiger partial charge in [0.05, 0.1) is 17.2 Å². The van der Waals surface area contributed by atoms with Crippen molar-refractivity contribution in [1.82, 2.24) is 10.2 Å². The number of amides is 2. The summed E-state index contributed by atoms with van der Waals surface area (Å²) in [5.74, 6) is -0.142. The van der Waals surface area contributed by atoms with Gasteiger partial charge in [-0.25, -0.2) is 8.42 Å². The molecule has 9 heteroatoms. The van der Waals surface area contributed by atoms with Crippen LogP contribution in [0.4, 0.5) is 5.69 Å². The fraction of sp³-hybridized carbons (Fsp3) is 0.412. The van der Waals surface area contributed by atoms with Crippen LogP contribution in [0.3, 0.4) is 0 Å². The molecule has 0 saturated heterocycles. The molecule has 1 saturated carbocycles. The summed E-state index contributed by atoms with van der Waals surface area (Å²) in [5, 5.41) is 3.14. The van der Waals surface area contributed by atoms with Gasteiger partial charge in [0.15, 0.2) is 0 Å². The highest BCUT2D eigenvalue weighted by molar-refractivity contribution is 7.92. The van der Waals surface area contributed by atoms with Gasteiger partial charge in [0, 0.05) is 12.6 Å². The first-order valence-corrected chi connectivity index (χ1v) is 16.5. The molecule has 1 aliphatic rings. The number of carbonyl (C=O) groups excluding carboxylic acids is 2. The normalized spacial score (nSPS) is 14.5. The van der Waals surface area contributed by atoms with E-state index in [9.17, 15) is 18.0 Å². The van der Waals surface area contributed by atoms with Crippen molar-refractivity contribution in [3.05, 3.63) is 89.5 Å². The second kappa shape index (κ2) is 14.6. The molecule has 0 unspecified atom stereocenters. The second-order valence-electron chi connectivity index (χ2n) is 11.2. The van der Waals surface area contributed by atoms with E-state index in [1.165, 1.54) is 17.0 Å². The third kappa shape index (κ3) is 8.16. The highest BCUT2D eigenvalue weighted by Crippen LogP contribution is 2.27. The Balaban J connectivity index is 1.67. The van der Waals surface area contributed by atoms with Crippen molar-refractivity contribution in [3.8, 4) is 5.75 Å². The van der Waals surface area contributed by atoms with Gasteiger partial charge in [-0.3, -0.25) is 13.9 Å². The van der Waals surface area contributed by atoms with E-state index in [1.807, 2.05) is 57.2 Å². The Bertz CT molecular complexity index is 1480. The predicted molar refractivity (Wildman–Crippen MR) is 170 cm³/mol. The number of nitrogens with zero attached hydrogens (tertiary/aromatic N) is 2. The first-order valence-electron chi connectivity index (χ1n) is 15.1. The van der Waals surface area contributed by atoms with E-state index < -0.39 is 28.5 Å². The summed E-state index contributed by atoms with van der Waals surface area (Å²) >= 11 is 0. The van der Waals surface area contributed by atoms with E-state index in [0.717, 1.165) is 53.1 Å². The number of rotatable bonds is 12. The average molecular weight is 606 g/mol. The van der Waals surface area contributed by atoms with Crippen molar-refractivity contribution in [2.24, 2.45) is 0 Å². The van der Waals surface area contributed by atoms with E-state index in [4.69, 9.17) is 4.74 Å². The molecule has 0 bridgehead atoms. The Morgan fingerprint density at radius 3 is 2.21 bits per heavy atom. The van der Waals surface area contributed by atoms with Crippen molar-refractivity contribution < 1.29 is 22.7 Å². The van der Waals surface area contributed by atoms with Crippen LogP contribution < -0.4 is 14.4 Å². The molecule has 1 fully saturated rings. The summed E-state index contributed by atoms with van der Waals surface area (Å²) in [6, 6.07) is 20.2. The molecule has 2 amide bonds. The summed E-state index contributed by atoms with van der Waals surface area (Å²) in [6.45, 7) is 7.61. The van der Waals surface area contributed by atoms with Gasteiger partial charge in [0.1, 0.15) is 18.3 Å². The molecule has 43 heavy (non-hydrogen) atoms. The van der Waals surface area contributed by atoms with Crippen LogP contribution in [-0.4, -0.2) is 50.4 Å². The first-order chi connectivity index (χ1) is 20.6. The maximum absolute atomic E-state index is 14.2. The van der Waals surface area contributed by atoms with Crippen LogP contribution in [-0.2, 0) is 26.2 Å². The molecular weight excluding hydrogens is 562 g/mol. The molecule has 0 heterocycles. The molecule has 0 aromatic heterocycles. The Morgan fingerprint density at radius 2 is 1.58 bits per heavy atom. The predicted octanol–water partition coefficient (Wildman–Crippen LogP) is 5.76. The van der Waals surface area contributed by atoms with Gasteiger partial charge in [-0.1, -0.05) is 61.2 Å². The first kappa shape index (κ1) is 32.1. The van der Waals surface area contributed by atoms with E-state index in [2.05, 4.69) is 5.32 Å². The van der Waals surface area contributed by atoms with Gasteiger partial charge < -0.3 is 15.0 Å². The second-order valence-corrected chi connectivity index (χ2v) is 13.1. The van der Waals surface area contributed by atoms with E-state index in [0.29, 0.717) is 18.0 Å². The lowest BCUT2D eigenvalue weighted by Crippen LogP contribution is -2.53. The van der Waals surface area contributed by atoms with Gasteiger partial charge in [0.2, 0.25) is 11.8 Å². The number of nitrogens with one attached hydrogen (secondary N) is 1. The van der Waals surface area contributed by atoms with E-state index >= 15 is 0 Å². The number of carbonyl (C=O) groups is 2. The minimum Gasteiger partial charge on any atom is -0.494 e. The summed E-state index contributed by atoms with van der Waals surface area (Å²) in [5.41, 5.74) is 3.20. The molecule has 8 nitrogen and oxygen atoms in total. The van der Waals surface area contributed by atoms with Crippen LogP contribution in [0.2, 0.25) is 0 Å². The van der Waals surface area contributed by atoms with Crippen LogP contribution in [0.5, 0.6) is 5.75 Å². The molecule has 1 aliphatic carbocycles. The minimum atomic E-state index is -4.15. The number of hydrogen-bond donors (Lipinski definition) is 1. The molecule has 0 spiro atoms. The third-order valence-corrected chi connectivity index (χ3v) is 9.83. The van der Waals surface area contributed by atoms with Crippen LogP contribution in [0.25, 0.3) is 0 Å². The number of ether oxygens (including phenoxy) is 1. The summed E-state index contributed by atoms with van der Waals surface area (Å²) in [6.07, 6.45) is 5.15. The fourth-order valence-electron chi connectivity index (χ4n) is 5.36. The molecular formula is C34H43N3O5S. The van der Waals surface area contributed by atoms with Crippen LogP contribution in [0, 0.1) is 13.8 Å². The van der Waals surface area contributed by atoms with E-state index in [1.54, 1.807) is 31.2 Å². The van der Waals surface area contributed by atoms with Gasteiger partial charge in [-0.15, -0.1) is 0 Å². The fourth-order valence-corrected chi connectivity index (χ4v) is 6.78. The monoisotopic (exact) mass is 605 g/mol. The van der Waals surface area contributed by atoms with Crippen molar-refractivity contribution in [2.45, 2.75) is 83.3 Å². The molecule has 0 radical (unpaired) electrons. The summed E-state index contributed by atoms with van der Waals surface area (Å²) in [7, 11) is -4.15. The van der Waals surface area contributed by atoms with Crippen molar-refractivity contribution in [2.75, 3.05) is 17.5 Å². The Hall–Kier alpha value is -3.85.